The molecule has 2 N–H and O–H groups in total. The van der Waals surface area contributed by atoms with Gasteiger partial charge in [0.2, 0.25) is 0 Å². The van der Waals surface area contributed by atoms with Crippen LogP contribution in [0.2, 0.25) is 0 Å². The quantitative estimate of drug-likeness (QED) is 0.284. The Morgan fingerprint density at radius 3 is 1.17 bits per heavy atom. The van der Waals surface area contributed by atoms with Crippen LogP contribution in [0.1, 0.15) is 13.8 Å². The van der Waals surface area contributed by atoms with E-state index in [1.165, 1.54) is 0 Å². The summed E-state index contributed by atoms with van der Waals surface area (Å²) in [4.78, 5) is 0. The van der Waals surface area contributed by atoms with Crippen molar-refractivity contribution in [2.75, 3.05) is 0 Å². The molecule has 26 valence electrons. The summed E-state index contributed by atoms with van der Waals surface area (Å²) >= 11 is 0. The molecule has 0 aliphatic heterocycles. The molecule has 3 heteroatoms. The molecule has 1 nitrogen and oxygen atoms in total. The third-order valence-corrected chi connectivity index (χ3v) is 0. The maximum Gasteiger partial charge on any atom is 1.00 e. The maximum atomic E-state index is 5.11. The smallest absolute Gasteiger partial charge is 0.328 e. The number of nitrogens with two attached hydrogens (primary N) is 1. The van der Waals surface area contributed by atoms with Crippen molar-refractivity contribution in [2.24, 2.45) is 5.73 Å². The van der Waals surface area contributed by atoms with Gasteiger partial charge < -0.3 is 5.73 Å². The summed E-state index contributed by atoms with van der Waals surface area (Å²) in [5, 5.41) is 0. The van der Waals surface area contributed by atoms with Gasteiger partial charge in [-0.1, -0.05) is 13.8 Å². The molecule has 0 rings (SSSR count). The number of rotatable bonds is 0. The molecule has 0 aromatic heterocycles. The summed E-state index contributed by atoms with van der Waals surface area (Å²) in [6.45, 7) is 3.89. The predicted molar refractivity (Wildman–Crippen MR) is 19.3 cm³/mol. The Balaban J connectivity index is -0.0000000450. The Kier molecular flexibility index (Phi) is 24.8. The van der Waals surface area contributed by atoms with Gasteiger partial charge in [-0.2, -0.15) is 0 Å². The third kappa shape index (κ3) is 66.7. The van der Waals surface area contributed by atoms with Gasteiger partial charge >= 0.3 is 37.7 Å². The van der Waals surface area contributed by atoms with E-state index >= 15 is 0 Å². The zero-order valence-corrected chi connectivity index (χ0v) is 5.15. The molecule has 0 unspecified atom stereocenters. The summed E-state index contributed by atoms with van der Waals surface area (Å²) in [6.07, 6.45) is 0. The molecule has 0 amide bonds. The largest absolute Gasteiger partial charge is 1.00 e. The van der Waals surface area contributed by atoms with E-state index in [2.05, 4.69) is 0 Å². The second-order valence-electron chi connectivity index (χ2n) is 1.24. The fourth-order valence-electron chi connectivity index (χ4n) is 0. The predicted octanol–water partition coefficient (Wildman–Crippen LogP) is -5.64. The average Bonchev–Trinajstić information content (AvgIpc) is 0.811. The van der Waals surface area contributed by atoms with Gasteiger partial charge in [0.25, 0.3) is 0 Å². The van der Waals surface area contributed by atoms with Crippen LogP contribution in [-0.2, 0) is 0 Å². The van der Waals surface area contributed by atoms with Gasteiger partial charge in [0.05, 0.1) is 0 Å². The van der Waals surface area contributed by atoms with Crippen LogP contribution in [-0.4, -0.2) is 6.04 Å². The standard InChI is InChI=1S/C3H9N.2Li/c1-3(2)4;;/h3H,4H2,1-2H3;;/q;2*+1. The Hall–Kier alpha value is 1.15. The second kappa shape index (κ2) is 9.47. The molecule has 0 heterocycles. The van der Waals surface area contributed by atoms with Crippen LogP contribution in [0.15, 0.2) is 0 Å². The first kappa shape index (κ1) is 15.7. The van der Waals surface area contributed by atoms with E-state index in [9.17, 15) is 0 Å². The number of hydrogen-bond donors (Lipinski definition) is 1. The molecular weight excluding hydrogens is 63.9 g/mol. The van der Waals surface area contributed by atoms with Crippen LogP contribution in [0, 0.1) is 0 Å². The Morgan fingerprint density at radius 1 is 1.17 bits per heavy atom. The monoisotopic (exact) mass is 73.1 g/mol. The van der Waals surface area contributed by atoms with Crippen LogP contribution in [0.25, 0.3) is 0 Å². The number of hydrogen-bond acceptors (Lipinski definition) is 1. The Labute approximate surface area is 63.4 Å². The summed E-state index contributed by atoms with van der Waals surface area (Å²) in [7, 11) is 0. The van der Waals surface area contributed by atoms with Crippen molar-refractivity contribution >= 4 is 0 Å². The third-order valence-electron chi connectivity index (χ3n) is 0. The van der Waals surface area contributed by atoms with Crippen molar-refractivity contribution in [3.63, 3.8) is 0 Å². The minimum absolute atomic E-state index is 0. The van der Waals surface area contributed by atoms with E-state index in [1.54, 1.807) is 0 Å². The fraction of sp³-hybridized carbons (Fsp3) is 1.00. The second-order valence-corrected chi connectivity index (χ2v) is 1.24. The van der Waals surface area contributed by atoms with Crippen molar-refractivity contribution in [2.45, 2.75) is 19.9 Å². The molecule has 0 bridgehead atoms. The van der Waals surface area contributed by atoms with Gasteiger partial charge in [-0.3, -0.25) is 0 Å². The van der Waals surface area contributed by atoms with Crippen LogP contribution in [0.5, 0.6) is 0 Å². The van der Waals surface area contributed by atoms with E-state index in [0.29, 0.717) is 6.04 Å². The normalized spacial score (nSPS) is 6.00. The Bertz CT molecular complexity index is 13.5. The summed E-state index contributed by atoms with van der Waals surface area (Å²) in [5.74, 6) is 0. The van der Waals surface area contributed by atoms with E-state index in [1.807, 2.05) is 13.8 Å². The van der Waals surface area contributed by atoms with Gasteiger partial charge in [0.1, 0.15) is 0 Å². The van der Waals surface area contributed by atoms with Gasteiger partial charge in [-0.15, -0.1) is 0 Å². The molecule has 6 heavy (non-hydrogen) atoms. The minimum Gasteiger partial charge on any atom is -0.328 e. The molecule has 0 spiro atoms. The first-order valence-corrected chi connectivity index (χ1v) is 1.49. The molecule has 0 aromatic rings. The zero-order valence-electron chi connectivity index (χ0n) is 5.15. The first-order valence-electron chi connectivity index (χ1n) is 1.49. The average molecular weight is 73.0 g/mol. The fourth-order valence-corrected chi connectivity index (χ4v) is 0. The van der Waals surface area contributed by atoms with Crippen molar-refractivity contribution < 1.29 is 37.7 Å². The molecule has 0 saturated heterocycles. The van der Waals surface area contributed by atoms with Crippen molar-refractivity contribution in [1.82, 2.24) is 0 Å². The maximum absolute atomic E-state index is 5.11. The van der Waals surface area contributed by atoms with E-state index in [4.69, 9.17) is 5.73 Å². The first-order chi connectivity index (χ1) is 1.73. The van der Waals surface area contributed by atoms with Crippen molar-refractivity contribution in [1.29, 1.82) is 0 Å². The summed E-state index contributed by atoms with van der Waals surface area (Å²) in [5.41, 5.74) is 5.11. The summed E-state index contributed by atoms with van der Waals surface area (Å²) < 4.78 is 0. The van der Waals surface area contributed by atoms with Crippen LogP contribution < -0.4 is 43.5 Å². The topological polar surface area (TPSA) is 26.0 Å². The van der Waals surface area contributed by atoms with Gasteiger partial charge in [-0.05, 0) is 6.04 Å². The van der Waals surface area contributed by atoms with Crippen LogP contribution in [0.3, 0.4) is 0 Å². The molecule has 0 fully saturated rings. The van der Waals surface area contributed by atoms with E-state index < -0.39 is 0 Å². The van der Waals surface area contributed by atoms with E-state index in [0.717, 1.165) is 0 Å². The molecule has 0 atom stereocenters. The van der Waals surface area contributed by atoms with E-state index in [-0.39, 0.29) is 37.7 Å². The van der Waals surface area contributed by atoms with Crippen LogP contribution in [0.4, 0.5) is 0 Å². The van der Waals surface area contributed by atoms with Gasteiger partial charge in [-0.25, -0.2) is 0 Å². The molecule has 0 aliphatic carbocycles. The minimum atomic E-state index is 0. The SMILES string of the molecule is CC(C)N.[Li+].[Li+]. The Morgan fingerprint density at radius 2 is 1.17 bits per heavy atom. The van der Waals surface area contributed by atoms with Crippen LogP contribution >= 0.6 is 0 Å². The molecule has 0 saturated carbocycles. The molecule has 0 aliphatic rings. The molecule has 0 radical (unpaired) electrons. The molecular formula is C3H9Li2N+2. The van der Waals surface area contributed by atoms with Gasteiger partial charge in [0.15, 0.2) is 0 Å². The van der Waals surface area contributed by atoms with Gasteiger partial charge in [0, 0.05) is 0 Å². The van der Waals surface area contributed by atoms with Crippen molar-refractivity contribution in [3.05, 3.63) is 0 Å². The molecule has 0 aromatic carbocycles. The van der Waals surface area contributed by atoms with Crippen molar-refractivity contribution in [3.8, 4) is 0 Å². The zero-order chi connectivity index (χ0) is 3.58. The summed E-state index contributed by atoms with van der Waals surface area (Å²) in [6, 6.07) is 0.333.